The fourth-order valence-electron chi connectivity index (χ4n) is 2.03. The number of carbonyl (C=O) groups excluding carboxylic acids is 1. The van der Waals surface area contributed by atoms with Crippen LogP contribution in [-0.2, 0) is 11.2 Å². The number of ketones is 1. The van der Waals surface area contributed by atoms with Crippen LogP contribution >= 0.6 is 23.4 Å². The van der Waals surface area contributed by atoms with Gasteiger partial charge >= 0.3 is 0 Å². The average Bonchev–Trinajstić information content (AvgIpc) is 2.79. The Balaban J connectivity index is 2.04. The van der Waals surface area contributed by atoms with E-state index in [9.17, 15) is 4.79 Å². The zero-order chi connectivity index (χ0) is 15.2. The van der Waals surface area contributed by atoms with Gasteiger partial charge in [-0.2, -0.15) is 5.10 Å². The summed E-state index contributed by atoms with van der Waals surface area (Å²) >= 11 is 7.64. The van der Waals surface area contributed by atoms with Crippen LogP contribution in [0.25, 0.3) is 0 Å². The molecule has 1 aliphatic rings. The first-order valence-electron chi connectivity index (χ1n) is 7.08. The lowest BCUT2D eigenvalue weighted by atomic mass is 10.1. The van der Waals surface area contributed by atoms with Gasteiger partial charge in [0, 0.05) is 24.1 Å². The van der Waals surface area contributed by atoms with Crippen LogP contribution < -0.4 is 0 Å². The molecule has 1 aliphatic heterocycles. The number of nitrogens with zero attached hydrogens (tertiary/aromatic N) is 2. The first-order valence-corrected chi connectivity index (χ1v) is 8.28. The zero-order valence-electron chi connectivity index (χ0n) is 12.3. The lowest BCUT2D eigenvalue weighted by Gasteiger charge is -2.14. The molecule has 1 aromatic carbocycles. The molecule has 0 radical (unpaired) electrons. The number of allylic oxidation sites excluding steroid dienone is 1. The molecule has 0 bridgehead atoms. The van der Waals surface area contributed by atoms with E-state index >= 15 is 0 Å². The molecule has 2 rings (SSSR count). The summed E-state index contributed by atoms with van der Waals surface area (Å²) in [5.41, 5.74) is 0.863. The predicted octanol–water partition coefficient (Wildman–Crippen LogP) is 4.48. The second kappa shape index (κ2) is 7.66. The van der Waals surface area contributed by atoms with Crippen molar-refractivity contribution in [3.05, 3.63) is 46.0 Å². The fraction of sp³-hybridized carbons (Fsp3) is 0.375. The molecule has 1 aromatic rings. The lowest BCUT2D eigenvalue weighted by molar-refractivity contribution is -0.114. The van der Waals surface area contributed by atoms with E-state index in [1.807, 2.05) is 36.2 Å². The van der Waals surface area contributed by atoms with Crippen molar-refractivity contribution < 1.29 is 4.79 Å². The van der Waals surface area contributed by atoms with Gasteiger partial charge in [-0.15, -0.1) is 0 Å². The average molecular weight is 323 g/mol. The Labute approximate surface area is 135 Å². The van der Waals surface area contributed by atoms with Gasteiger partial charge in [0.05, 0.1) is 5.04 Å². The Bertz CT molecular complexity index is 583. The highest BCUT2D eigenvalue weighted by Gasteiger charge is 2.19. The van der Waals surface area contributed by atoms with Crippen molar-refractivity contribution >= 4 is 34.2 Å². The van der Waals surface area contributed by atoms with Gasteiger partial charge in [-0.3, -0.25) is 9.80 Å². The van der Waals surface area contributed by atoms with E-state index in [0.717, 1.165) is 35.0 Å². The Morgan fingerprint density at radius 2 is 2.19 bits per heavy atom. The minimum Gasteiger partial charge on any atom is -0.294 e. The van der Waals surface area contributed by atoms with Crippen LogP contribution in [0.2, 0.25) is 5.02 Å². The number of thioether (sulfide) groups is 1. The maximum absolute atomic E-state index is 12.2. The Kier molecular flexibility index (Phi) is 5.88. The molecule has 0 saturated heterocycles. The molecule has 0 spiro atoms. The predicted molar refractivity (Wildman–Crippen MR) is 90.6 cm³/mol. The van der Waals surface area contributed by atoms with Gasteiger partial charge in [0.2, 0.25) is 0 Å². The first-order chi connectivity index (χ1) is 10.1. The van der Waals surface area contributed by atoms with Crippen LogP contribution in [0.3, 0.4) is 0 Å². The quantitative estimate of drug-likeness (QED) is 0.724. The molecule has 5 heteroatoms. The summed E-state index contributed by atoms with van der Waals surface area (Å²) in [5, 5.41) is 8.90. The lowest BCUT2D eigenvalue weighted by Crippen LogP contribution is -2.14. The monoisotopic (exact) mass is 322 g/mol. The van der Waals surface area contributed by atoms with E-state index in [0.29, 0.717) is 11.4 Å². The van der Waals surface area contributed by atoms with Crippen LogP contribution in [-0.4, -0.2) is 22.4 Å². The third-order valence-corrected chi connectivity index (χ3v) is 4.38. The van der Waals surface area contributed by atoms with Gasteiger partial charge < -0.3 is 0 Å². The molecule has 112 valence electrons. The summed E-state index contributed by atoms with van der Waals surface area (Å²) in [5.74, 6) is 0.0528. The van der Waals surface area contributed by atoms with E-state index in [1.165, 1.54) is 0 Å². The van der Waals surface area contributed by atoms with Crippen LogP contribution in [0.15, 0.2) is 40.5 Å². The number of hydrogen-bond acceptors (Lipinski definition) is 4. The first kappa shape index (κ1) is 16.1. The highest BCUT2D eigenvalue weighted by Crippen LogP contribution is 2.30. The molecule has 0 saturated carbocycles. The van der Waals surface area contributed by atoms with Crippen molar-refractivity contribution in [1.82, 2.24) is 5.01 Å². The summed E-state index contributed by atoms with van der Waals surface area (Å²) < 4.78 is 0. The molecule has 0 fully saturated rings. The van der Waals surface area contributed by atoms with E-state index < -0.39 is 0 Å². The number of unbranched alkanes of at least 4 members (excludes halogenated alkanes) is 1. The highest BCUT2D eigenvalue weighted by atomic mass is 35.5. The summed E-state index contributed by atoms with van der Waals surface area (Å²) in [6.07, 6.45) is 4.18. The number of halogens is 1. The largest absolute Gasteiger partial charge is 0.294 e. The minimum absolute atomic E-state index is 0.0528. The molecule has 0 atom stereocenters. The molecular weight excluding hydrogens is 304 g/mol. The summed E-state index contributed by atoms with van der Waals surface area (Å²) in [7, 11) is 0. The van der Waals surface area contributed by atoms with Crippen molar-refractivity contribution in [3.63, 3.8) is 0 Å². The Morgan fingerprint density at radius 1 is 1.43 bits per heavy atom. The molecule has 0 N–H and O–H groups in total. The van der Waals surface area contributed by atoms with Gasteiger partial charge in [-0.1, -0.05) is 54.9 Å². The highest BCUT2D eigenvalue weighted by molar-refractivity contribution is 8.17. The normalized spacial score (nSPS) is 16.4. The van der Waals surface area contributed by atoms with E-state index in [2.05, 4.69) is 12.0 Å². The fourth-order valence-corrected chi connectivity index (χ4v) is 3.11. The topological polar surface area (TPSA) is 32.7 Å². The van der Waals surface area contributed by atoms with Crippen molar-refractivity contribution in [3.8, 4) is 0 Å². The van der Waals surface area contributed by atoms with Gasteiger partial charge in [-0.25, -0.2) is 0 Å². The molecule has 3 nitrogen and oxygen atoms in total. The molecular formula is C16H19ClN2OS. The van der Waals surface area contributed by atoms with Crippen molar-refractivity contribution in [2.75, 3.05) is 6.54 Å². The smallest absolute Gasteiger partial charge is 0.162 e. The second-order valence-corrected chi connectivity index (χ2v) is 6.54. The van der Waals surface area contributed by atoms with Crippen LogP contribution in [0.4, 0.5) is 0 Å². The molecule has 0 aromatic heterocycles. The van der Waals surface area contributed by atoms with E-state index in [-0.39, 0.29) is 5.78 Å². The van der Waals surface area contributed by atoms with Crippen molar-refractivity contribution in [2.24, 2.45) is 5.10 Å². The van der Waals surface area contributed by atoms with Crippen LogP contribution in [0.5, 0.6) is 0 Å². The summed E-state index contributed by atoms with van der Waals surface area (Å²) in [6, 6.07) is 7.46. The van der Waals surface area contributed by atoms with Gasteiger partial charge in [0.15, 0.2) is 5.78 Å². The zero-order valence-corrected chi connectivity index (χ0v) is 13.9. The van der Waals surface area contributed by atoms with Gasteiger partial charge in [0.1, 0.15) is 5.03 Å². The third-order valence-electron chi connectivity index (χ3n) is 3.10. The maximum Gasteiger partial charge on any atom is 0.162 e. The molecule has 0 unspecified atom stereocenters. The van der Waals surface area contributed by atoms with Crippen LogP contribution in [0, 0.1) is 0 Å². The summed E-state index contributed by atoms with van der Waals surface area (Å²) in [6.45, 7) is 4.96. The van der Waals surface area contributed by atoms with Crippen molar-refractivity contribution in [2.45, 2.75) is 33.1 Å². The maximum atomic E-state index is 12.2. The summed E-state index contributed by atoms with van der Waals surface area (Å²) in [4.78, 5) is 12.2. The van der Waals surface area contributed by atoms with E-state index in [1.54, 1.807) is 17.8 Å². The third kappa shape index (κ3) is 4.61. The molecule has 0 aliphatic carbocycles. The Morgan fingerprint density at radius 3 is 2.90 bits per heavy atom. The molecule has 21 heavy (non-hydrogen) atoms. The van der Waals surface area contributed by atoms with Crippen molar-refractivity contribution in [1.29, 1.82) is 0 Å². The number of hydrazone groups is 1. The van der Waals surface area contributed by atoms with E-state index in [4.69, 9.17) is 11.6 Å². The second-order valence-electron chi connectivity index (χ2n) is 4.91. The molecule has 0 amide bonds. The van der Waals surface area contributed by atoms with Gasteiger partial charge in [-0.05, 0) is 25.0 Å². The number of carbonyl (C=O) groups is 1. The number of rotatable bonds is 6. The minimum atomic E-state index is 0.0528. The number of benzene rings is 1. The standard InChI is InChI=1S/C16H19ClN2OS/c1-3-4-9-19-16(21-12(2)18-19)11-14(20)10-13-7-5-6-8-15(13)17/h5-8,11H,3-4,9-10H2,1-2H3/b16-11-. The Hall–Kier alpha value is -1.26. The molecule has 1 heterocycles. The number of hydrogen-bond donors (Lipinski definition) is 0. The van der Waals surface area contributed by atoms with Crippen LogP contribution in [0.1, 0.15) is 32.3 Å². The SMILES string of the molecule is CCCCN1N=C(C)S/C1=C\C(=O)Cc1ccccc1Cl. The van der Waals surface area contributed by atoms with Gasteiger partial charge in [0.25, 0.3) is 0 Å².